The van der Waals surface area contributed by atoms with Gasteiger partial charge in [-0.2, -0.15) is 8.78 Å². The Morgan fingerprint density at radius 3 is 2.12 bits per heavy atom. The predicted octanol–water partition coefficient (Wildman–Crippen LogP) is 4.89. The van der Waals surface area contributed by atoms with E-state index in [1.54, 1.807) is 20.8 Å². The molecule has 1 atom stereocenters. The Kier molecular flexibility index (Phi) is 11.5. The predicted molar refractivity (Wildman–Crippen MR) is 145 cm³/mol. The molecule has 0 unspecified atom stereocenters. The van der Waals surface area contributed by atoms with E-state index in [1.165, 1.54) is 0 Å². The van der Waals surface area contributed by atoms with Gasteiger partial charge in [-0.05, 0) is 52.0 Å². The van der Waals surface area contributed by atoms with E-state index in [1.807, 2.05) is 30.3 Å². The summed E-state index contributed by atoms with van der Waals surface area (Å²) < 4.78 is 70.2. The van der Waals surface area contributed by atoms with E-state index < -0.39 is 83.4 Å². The number of esters is 1. The summed E-state index contributed by atoms with van der Waals surface area (Å²) in [5, 5.41) is 5.23. The number of halogens is 4. The Hall–Kier alpha value is -4.16. The summed E-state index contributed by atoms with van der Waals surface area (Å²) in [6.45, 7) is 3.78. The minimum atomic E-state index is -1.84. The van der Waals surface area contributed by atoms with Crippen molar-refractivity contribution in [2.75, 3.05) is 6.61 Å². The molecule has 2 N–H and O–H groups in total. The Balaban J connectivity index is 1.57. The van der Waals surface area contributed by atoms with Crippen molar-refractivity contribution in [2.45, 2.75) is 77.2 Å². The molecule has 0 saturated heterocycles. The maximum absolute atomic E-state index is 14.0. The van der Waals surface area contributed by atoms with Gasteiger partial charge >= 0.3 is 12.1 Å². The van der Waals surface area contributed by atoms with Crippen LogP contribution >= 0.6 is 0 Å². The first-order valence-corrected chi connectivity index (χ1v) is 13.7. The highest BCUT2D eigenvalue weighted by Gasteiger charge is 2.33. The van der Waals surface area contributed by atoms with Crippen molar-refractivity contribution in [3.8, 4) is 5.75 Å². The Morgan fingerprint density at radius 2 is 1.53 bits per heavy atom. The highest BCUT2D eigenvalue weighted by atomic mass is 19.2. The van der Waals surface area contributed by atoms with Crippen molar-refractivity contribution in [2.24, 2.45) is 5.92 Å². The van der Waals surface area contributed by atoms with Gasteiger partial charge < -0.3 is 24.8 Å². The third-order valence-corrected chi connectivity index (χ3v) is 6.56. The topological polar surface area (TPSA) is 120 Å². The lowest BCUT2D eigenvalue weighted by atomic mass is 9.85. The van der Waals surface area contributed by atoms with Crippen LogP contribution in [0.4, 0.5) is 22.4 Å². The third-order valence-electron chi connectivity index (χ3n) is 6.56. The van der Waals surface area contributed by atoms with E-state index in [2.05, 4.69) is 10.6 Å². The lowest BCUT2D eigenvalue weighted by Crippen LogP contribution is -2.48. The molecule has 0 bridgehead atoms. The summed E-state index contributed by atoms with van der Waals surface area (Å²) >= 11 is 0. The summed E-state index contributed by atoms with van der Waals surface area (Å²) in [5.41, 5.74) is -0.0817. The lowest BCUT2D eigenvalue weighted by molar-refractivity contribution is -0.156. The van der Waals surface area contributed by atoms with Gasteiger partial charge in [0.2, 0.25) is 17.5 Å². The fraction of sp³-hybridized carbons (Fsp3) is 0.467. The van der Waals surface area contributed by atoms with E-state index in [9.17, 15) is 36.7 Å². The van der Waals surface area contributed by atoms with Crippen molar-refractivity contribution in [1.82, 2.24) is 10.6 Å². The van der Waals surface area contributed by atoms with Gasteiger partial charge in [-0.3, -0.25) is 14.4 Å². The van der Waals surface area contributed by atoms with Gasteiger partial charge in [-0.1, -0.05) is 30.3 Å². The molecule has 0 radical (unpaired) electrons. The van der Waals surface area contributed by atoms with Crippen LogP contribution in [0.3, 0.4) is 0 Å². The van der Waals surface area contributed by atoms with Gasteiger partial charge in [0.05, 0.1) is 6.42 Å². The number of rotatable bonds is 11. The molecule has 2 amide bonds. The molecular weight excluding hydrogens is 576 g/mol. The van der Waals surface area contributed by atoms with E-state index in [4.69, 9.17) is 14.2 Å². The average Bonchev–Trinajstić information content (AvgIpc) is 2.94. The second kappa shape index (κ2) is 14.8. The maximum Gasteiger partial charge on any atom is 0.407 e. The highest BCUT2D eigenvalue weighted by Crippen LogP contribution is 2.27. The summed E-state index contributed by atoms with van der Waals surface area (Å²) in [6.07, 6.45) is 0.353. The molecule has 0 aliphatic heterocycles. The van der Waals surface area contributed by atoms with Crippen LogP contribution in [0, 0.1) is 29.2 Å². The van der Waals surface area contributed by atoms with Gasteiger partial charge in [0.25, 0.3) is 0 Å². The molecule has 43 heavy (non-hydrogen) atoms. The largest absolute Gasteiger partial charge is 0.479 e. The third kappa shape index (κ3) is 10.3. The minimum absolute atomic E-state index is 0.0111. The molecule has 1 fully saturated rings. The second-order valence-corrected chi connectivity index (χ2v) is 11.2. The normalized spacial score (nSPS) is 17.4. The van der Waals surface area contributed by atoms with Gasteiger partial charge in [0.1, 0.15) is 24.9 Å². The zero-order valence-electron chi connectivity index (χ0n) is 24.0. The van der Waals surface area contributed by atoms with Gasteiger partial charge in [-0.15, -0.1) is 0 Å². The number of carbonyl (C=O) groups excluding carboxylic acids is 4. The van der Waals surface area contributed by atoms with Crippen molar-refractivity contribution >= 4 is 23.8 Å². The van der Waals surface area contributed by atoms with Crippen LogP contribution in [0.2, 0.25) is 0 Å². The SMILES string of the molecule is CC(C)(C)OC(=O)C[C@H](NC(=O)C1CCC(NC(=O)OCc2ccccc2)CC1)C(=O)COc1c(F)c(F)cc(F)c1F. The van der Waals surface area contributed by atoms with Crippen LogP contribution in [-0.2, 0) is 30.5 Å². The fourth-order valence-corrected chi connectivity index (χ4v) is 4.44. The summed E-state index contributed by atoms with van der Waals surface area (Å²) in [7, 11) is 0. The first kappa shape index (κ1) is 33.3. The van der Waals surface area contributed by atoms with E-state index in [0.717, 1.165) is 5.56 Å². The molecular formula is C30H34F4N2O7. The first-order chi connectivity index (χ1) is 20.2. The van der Waals surface area contributed by atoms with Crippen LogP contribution in [-0.4, -0.2) is 48.0 Å². The zero-order valence-corrected chi connectivity index (χ0v) is 24.0. The number of ether oxygens (including phenoxy) is 3. The number of hydrogen-bond donors (Lipinski definition) is 2. The molecule has 1 aliphatic carbocycles. The average molecular weight is 611 g/mol. The molecule has 0 aromatic heterocycles. The number of carbonyl (C=O) groups is 4. The standard InChI is InChI=1S/C30H34F4N2O7/c1-30(2,3)43-24(38)14-22(23(37)16-41-27-25(33)20(31)13-21(32)26(27)34)36-28(39)18-9-11-19(12-10-18)35-29(40)42-15-17-7-5-4-6-8-17/h4-8,13,18-19,22H,9-12,14-16H2,1-3H3,(H,35,40)(H,36,39)/t18?,19?,22-/m0/s1. The van der Waals surface area contributed by atoms with Crippen LogP contribution in [0.1, 0.15) is 58.4 Å². The van der Waals surface area contributed by atoms with Crippen molar-refractivity contribution in [1.29, 1.82) is 0 Å². The molecule has 234 valence electrons. The lowest BCUT2D eigenvalue weighted by Gasteiger charge is -2.29. The molecule has 9 nitrogen and oxygen atoms in total. The van der Waals surface area contributed by atoms with Crippen molar-refractivity contribution < 1.29 is 51.0 Å². The Labute approximate surface area is 246 Å². The van der Waals surface area contributed by atoms with Crippen molar-refractivity contribution in [3.05, 3.63) is 65.2 Å². The quantitative estimate of drug-likeness (QED) is 0.211. The molecule has 1 aliphatic rings. The summed E-state index contributed by atoms with van der Waals surface area (Å²) in [5.74, 6) is -11.5. The minimum Gasteiger partial charge on any atom is -0.479 e. The first-order valence-electron chi connectivity index (χ1n) is 13.7. The summed E-state index contributed by atoms with van der Waals surface area (Å²) in [4.78, 5) is 50.6. The van der Waals surface area contributed by atoms with Crippen LogP contribution in [0.5, 0.6) is 5.75 Å². The molecule has 13 heteroatoms. The number of amides is 2. The molecule has 1 saturated carbocycles. The number of Topliss-reactive ketones (excluding diaryl/α,β-unsaturated/α-hetero) is 1. The number of benzene rings is 2. The smallest absolute Gasteiger partial charge is 0.407 e. The van der Waals surface area contributed by atoms with Crippen LogP contribution in [0.15, 0.2) is 36.4 Å². The van der Waals surface area contributed by atoms with E-state index >= 15 is 0 Å². The Morgan fingerprint density at radius 1 is 0.930 bits per heavy atom. The van der Waals surface area contributed by atoms with Crippen LogP contribution < -0.4 is 15.4 Å². The van der Waals surface area contributed by atoms with Gasteiger partial charge in [0.15, 0.2) is 23.2 Å². The van der Waals surface area contributed by atoms with Crippen molar-refractivity contribution in [3.63, 3.8) is 0 Å². The number of nitrogens with one attached hydrogen (secondary N) is 2. The number of hydrogen-bond acceptors (Lipinski definition) is 7. The molecule has 0 spiro atoms. The van der Waals surface area contributed by atoms with Gasteiger partial charge in [0, 0.05) is 18.0 Å². The second-order valence-electron chi connectivity index (χ2n) is 11.2. The molecule has 2 aromatic carbocycles. The summed E-state index contributed by atoms with van der Waals surface area (Å²) in [6, 6.07) is 7.37. The molecule has 0 heterocycles. The number of ketones is 1. The zero-order chi connectivity index (χ0) is 31.7. The van der Waals surface area contributed by atoms with Crippen LogP contribution in [0.25, 0.3) is 0 Å². The number of alkyl carbamates (subject to hydrolysis) is 1. The van der Waals surface area contributed by atoms with E-state index in [0.29, 0.717) is 25.7 Å². The molecule has 3 rings (SSSR count). The van der Waals surface area contributed by atoms with E-state index in [-0.39, 0.29) is 18.7 Å². The Bertz CT molecular complexity index is 1280. The molecule has 2 aromatic rings. The van der Waals surface area contributed by atoms with Gasteiger partial charge in [-0.25, -0.2) is 13.6 Å². The maximum atomic E-state index is 14.0. The monoisotopic (exact) mass is 610 g/mol. The highest BCUT2D eigenvalue weighted by molar-refractivity contribution is 5.93. The fourth-order valence-electron chi connectivity index (χ4n) is 4.44.